The molecule has 0 bridgehead atoms. The molecule has 8 nitrogen and oxygen atoms in total. The Labute approximate surface area is 445 Å². The first-order valence-electron chi connectivity index (χ1n) is 24.3. The maximum atomic E-state index is 15.4. The van der Waals surface area contributed by atoms with Crippen molar-refractivity contribution >= 4 is 66.4 Å². The maximum absolute atomic E-state index is 15.4. The second-order valence-corrected chi connectivity index (χ2v) is 18.6. The van der Waals surface area contributed by atoms with Crippen LogP contribution in [0.25, 0.3) is 130 Å². The topological polar surface area (TPSA) is 74.9 Å². The van der Waals surface area contributed by atoms with E-state index in [1.165, 1.54) is 12.1 Å². The van der Waals surface area contributed by atoms with Gasteiger partial charge in [-0.1, -0.05) is 140 Å². The fourth-order valence-electron chi connectivity index (χ4n) is 10.6. The number of halogens is 3. The van der Waals surface area contributed by atoms with Crippen LogP contribution in [0.15, 0.2) is 200 Å². The van der Waals surface area contributed by atoms with Gasteiger partial charge in [0.25, 0.3) is 0 Å². The van der Waals surface area contributed by atoms with Gasteiger partial charge < -0.3 is 9.13 Å². The van der Waals surface area contributed by atoms with Crippen molar-refractivity contribution in [2.45, 2.75) is 6.18 Å². The first-order valence-corrected chi connectivity index (χ1v) is 24.3. The highest BCUT2D eigenvalue weighted by molar-refractivity contribution is 6.14. The Morgan fingerprint density at radius 1 is 0.372 bits per heavy atom. The van der Waals surface area contributed by atoms with Gasteiger partial charge in [0.05, 0.1) is 88.6 Å². The lowest BCUT2D eigenvalue weighted by atomic mass is 9.94. The molecule has 11 heteroatoms. The molecule has 0 aliphatic rings. The lowest BCUT2D eigenvalue weighted by Gasteiger charge is -2.22. The zero-order valence-corrected chi connectivity index (χ0v) is 40.8. The Morgan fingerprint density at radius 2 is 0.718 bits per heavy atom. The van der Waals surface area contributed by atoms with E-state index in [0.717, 1.165) is 72.1 Å². The summed E-state index contributed by atoms with van der Waals surface area (Å²) in [6, 6.07) is 64.2. The van der Waals surface area contributed by atoms with E-state index in [0.29, 0.717) is 55.9 Å². The van der Waals surface area contributed by atoms with Crippen molar-refractivity contribution in [2.24, 2.45) is 0 Å². The smallest absolute Gasteiger partial charge is 0.308 e. The van der Waals surface area contributed by atoms with Gasteiger partial charge in [-0.2, -0.15) is 23.7 Å². The highest BCUT2D eigenvalue weighted by Gasteiger charge is 2.36. The van der Waals surface area contributed by atoms with E-state index in [1.54, 1.807) is 60.7 Å². The third-order valence-electron chi connectivity index (χ3n) is 14.3. The molecule has 0 amide bonds. The van der Waals surface area contributed by atoms with Crippen LogP contribution in [0.5, 0.6) is 0 Å². The van der Waals surface area contributed by atoms with Crippen molar-refractivity contribution in [1.29, 1.82) is 10.5 Å². The first kappa shape index (κ1) is 47.5. The van der Waals surface area contributed by atoms with Gasteiger partial charge >= 0.3 is 6.18 Å². The number of alkyl halides is 3. The fraction of sp³-hybridized carbons (Fsp3) is 0.0149. The van der Waals surface area contributed by atoms with Gasteiger partial charge in [0.2, 0.25) is 0 Å². The van der Waals surface area contributed by atoms with Gasteiger partial charge in [0, 0.05) is 21.5 Å². The summed E-state index contributed by atoms with van der Waals surface area (Å²) in [5, 5.41) is 22.7. The molecule has 0 aliphatic carbocycles. The molecular formula is C67H33F3N8. The van der Waals surface area contributed by atoms with E-state index >= 15 is 13.2 Å². The molecule has 2 aromatic heterocycles. The summed E-state index contributed by atoms with van der Waals surface area (Å²) in [5.41, 5.74) is 10.0. The Morgan fingerprint density at radius 3 is 1.05 bits per heavy atom. The predicted molar refractivity (Wildman–Crippen MR) is 302 cm³/mol. The fourth-order valence-corrected chi connectivity index (χ4v) is 10.6. The summed E-state index contributed by atoms with van der Waals surface area (Å²) < 4.78 is 50.3. The van der Waals surface area contributed by atoms with Crippen LogP contribution in [-0.4, -0.2) is 9.13 Å². The van der Waals surface area contributed by atoms with E-state index < -0.39 is 17.3 Å². The minimum atomic E-state index is -4.91. The van der Waals surface area contributed by atoms with Crippen LogP contribution in [0.2, 0.25) is 0 Å². The normalized spacial score (nSPS) is 11.2. The van der Waals surface area contributed by atoms with Crippen LogP contribution in [-0.2, 0) is 6.18 Å². The summed E-state index contributed by atoms with van der Waals surface area (Å²) in [6.45, 7) is 32.2. The summed E-state index contributed by atoms with van der Waals surface area (Å²) in [4.78, 5) is 14.8. The number of rotatable bonds is 7. The Kier molecular flexibility index (Phi) is 11.4. The highest BCUT2D eigenvalue weighted by atomic mass is 19.4. The molecule has 0 unspecified atom stereocenters. The second kappa shape index (κ2) is 18.8. The highest BCUT2D eigenvalue weighted by Crippen LogP contribution is 2.50. The van der Waals surface area contributed by atoms with Gasteiger partial charge in [0.15, 0.2) is 22.7 Å². The van der Waals surface area contributed by atoms with Crippen molar-refractivity contribution < 1.29 is 13.2 Å². The van der Waals surface area contributed by atoms with E-state index in [-0.39, 0.29) is 16.9 Å². The van der Waals surface area contributed by atoms with Crippen molar-refractivity contribution in [3.05, 3.63) is 263 Å². The minimum Gasteiger partial charge on any atom is -0.308 e. The molecule has 10 aromatic carbocycles. The van der Waals surface area contributed by atoms with Gasteiger partial charge in [0.1, 0.15) is 0 Å². The molecule has 12 rings (SSSR count). The monoisotopic (exact) mass is 1010 g/mol. The largest absolute Gasteiger partial charge is 0.415 e. The van der Waals surface area contributed by atoms with E-state index in [4.69, 9.17) is 26.3 Å². The van der Waals surface area contributed by atoms with Crippen LogP contribution in [0.1, 0.15) is 16.7 Å². The quantitative estimate of drug-likeness (QED) is 0.149. The SMILES string of the molecule is [C-]#[N+]c1ccc(-c2ccc3c4ccc(-c5ccc(C#N)cc5)cc4n(-c4cc([N+]#[C-])c(-c5c([N+]#[C-])cccc5C(F)(F)F)cc4-n4c5cc(-c6ccc(C#N)cc6)ccc5c5ccc(-c6ccc([N+]#[C-])cc6)cc54)c3c2)cc1. The van der Waals surface area contributed by atoms with Gasteiger partial charge in [-0.15, -0.1) is 0 Å². The van der Waals surface area contributed by atoms with Crippen LogP contribution in [0.3, 0.4) is 0 Å². The molecule has 0 spiro atoms. The molecule has 362 valence electrons. The molecule has 0 aliphatic heterocycles. The van der Waals surface area contributed by atoms with Crippen molar-refractivity contribution in [2.75, 3.05) is 0 Å². The van der Waals surface area contributed by atoms with Gasteiger partial charge in [-0.25, -0.2) is 19.4 Å². The van der Waals surface area contributed by atoms with E-state index in [1.807, 2.05) is 130 Å². The van der Waals surface area contributed by atoms with Gasteiger partial charge in [-0.05, 0) is 116 Å². The average molecular weight is 1010 g/mol. The number of benzene rings is 10. The van der Waals surface area contributed by atoms with Crippen molar-refractivity contribution in [1.82, 2.24) is 9.13 Å². The lowest BCUT2D eigenvalue weighted by Crippen LogP contribution is -2.08. The molecule has 78 heavy (non-hydrogen) atoms. The summed E-state index contributed by atoms with van der Waals surface area (Å²) in [5.74, 6) is 0. The first-order chi connectivity index (χ1) is 38.0. The predicted octanol–water partition coefficient (Wildman–Crippen LogP) is 19.2. The van der Waals surface area contributed by atoms with Crippen molar-refractivity contribution in [3.63, 3.8) is 0 Å². The summed E-state index contributed by atoms with van der Waals surface area (Å²) in [7, 11) is 0. The molecular weight excluding hydrogens is 974 g/mol. The molecule has 0 saturated carbocycles. The Hall–Kier alpha value is -11.5. The number of hydrogen-bond donors (Lipinski definition) is 0. The zero-order chi connectivity index (χ0) is 53.8. The lowest BCUT2D eigenvalue weighted by molar-refractivity contribution is -0.137. The zero-order valence-electron chi connectivity index (χ0n) is 40.8. The van der Waals surface area contributed by atoms with Crippen LogP contribution >= 0.6 is 0 Å². The Bertz CT molecular complexity index is 4520. The second-order valence-electron chi connectivity index (χ2n) is 18.6. The molecule has 2 heterocycles. The summed E-state index contributed by atoms with van der Waals surface area (Å²) >= 11 is 0. The number of fused-ring (bicyclic) bond motifs is 6. The van der Waals surface area contributed by atoms with E-state index in [9.17, 15) is 10.5 Å². The van der Waals surface area contributed by atoms with Crippen molar-refractivity contribution in [3.8, 4) is 79.1 Å². The third kappa shape index (κ3) is 7.99. The molecule has 0 atom stereocenters. The van der Waals surface area contributed by atoms with Crippen LogP contribution in [0, 0.1) is 49.0 Å². The number of nitrogens with zero attached hydrogens (tertiary/aromatic N) is 8. The molecule has 0 N–H and O–H groups in total. The average Bonchev–Trinajstić information content (AvgIpc) is 4.22. The maximum Gasteiger partial charge on any atom is 0.415 e. The molecule has 0 fully saturated rings. The molecule has 0 saturated heterocycles. The minimum absolute atomic E-state index is 0.0913. The number of nitriles is 2. The Balaban J connectivity index is 1.27. The standard InChI is InChI=1S/C67H33F3N8/c1-73-50-24-16-44(17-25-50)48-22-30-53-52-28-20-46(42-12-8-40(38-71)9-13-42)32-60(52)77(61(53)34-48)64-36-56(66-57(67(68,69)70)6-5-7-58(66)75-3)59(76-4)37-65(64)78-62-33-47(43-14-10-41(39-72)11-15-43)21-29-54(62)55-31-23-49(35-63(55)78)45-18-26-51(74-2)27-19-45/h5-37H. The number of aromatic nitrogens is 2. The molecule has 12 aromatic rings. The van der Waals surface area contributed by atoms with Crippen LogP contribution < -0.4 is 0 Å². The molecule has 0 radical (unpaired) electrons. The third-order valence-corrected chi connectivity index (χ3v) is 14.3. The van der Waals surface area contributed by atoms with E-state index in [2.05, 4.69) is 31.5 Å². The van der Waals surface area contributed by atoms with Crippen LogP contribution in [0.4, 0.5) is 35.9 Å². The van der Waals surface area contributed by atoms with Gasteiger partial charge in [-0.3, -0.25) is 0 Å². The summed E-state index contributed by atoms with van der Waals surface area (Å²) in [6.07, 6.45) is -4.91. The number of hydrogen-bond acceptors (Lipinski definition) is 2.